The lowest BCUT2D eigenvalue weighted by Gasteiger charge is -2.02. The maximum absolute atomic E-state index is 5.09. The van der Waals surface area contributed by atoms with E-state index in [1.165, 1.54) is 22.4 Å². The Kier molecular flexibility index (Phi) is 17.8. The first kappa shape index (κ1) is 35.3. The molecular formula is C36H54N2OS. The van der Waals surface area contributed by atoms with Crippen molar-refractivity contribution in [3.63, 3.8) is 0 Å². The highest BCUT2D eigenvalue weighted by molar-refractivity contribution is 7.10. The van der Waals surface area contributed by atoms with E-state index >= 15 is 0 Å². The molecule has 3 aliphatic rings. The lowest BCUT2D eigenvalue weighted by molar-refractivity contribution is 0.487. The van der Waals surface area contributed by atoms with Gasteiger partial charge in [-0.1, -0.05) is 99.1 Å². The Labute approximate surface area is 249 Å². The first-order valence-corrected chi connectivity index (χ1v) is 15.7. The van der Waals surface area contributed by atoms with E-state index < -0.39 is 0 Å². The number of aliphatic imine (C=N–C) groups is 2. The number of hydrogen-bond donors (Lipinski definition) is 0. The Hall–Kier alpha value is -2.72. The van der Waals surface area contributed by atoms with Crippen molar-refractivity contribution in [3.05, 3.63) is 93.8 Å². The Morgan fingerprint density at radius 3 is 1.68 bits per heavy atom. The second kappa shape index (κ2) is 20.2. The fourth-order valence-electron chi connectivity index (χ4n) is 3.61. The highest BCUT2D eigenvalue weighted by Gasteiger charge is 2.04. The van der Waals surface area contributed by atoms with Crippen molar-refractivity contribution in [2.24, 2.45) is 27.7 Å². The normalized spacial score (nSPS) is 14.7. The summed E-state index contributed by atoms with van der Waals surface area (Å²) in [6, 6.07) is 8.18. The summed E-state index contributed by atoms with van der Waals surface area (Å²) in [6.07, 6.45) is 18.4. The standard InChI is InChI=1S/C8H12.2C7H11N.C7H10O.C7H10S/c1-7(2)8-5-3-4-6-8;2*1-6(2)7-3-4-8-5-7;2*1-6(2)7-4-3-5-8-7/h3-5,7H,6H2,1-2H3;4-6H,3H2,1-2H3;3-4,6H,5H2,1-2H3;2*3-6H,1-2H3. The predicted molar refractivity (Wildman–Crippen MR) is 180 cm³/mol. The molecule has 0 fully saturated rings. The molecule has 0 radical (unpaired) electrons. The van der Waals surface area contributed by atoms with Gasteiger partial charge in [0.2, 0.25) is 0 Å². The molecule has 0 unspecified atom stereocenters. The van der Waals surface area contributed by atoms with Crippen LogP contribution in [-0.4, -0.2) is 19.0 Å². The Bertz CT molecular complexity index is 971. The van der Waals surface area contributed by atoms with Crippen LogP contribution in [0.3, 0.4) is 0 Å². The van der Waals surface area contributed by atoms with Gasteiger partial charge in [-0.3, -0.25) is 9.98 Å². The van der Waals surface area contributed by atoms with Crippen molar-refractivity contribution in [2.45, 2.75) is 93.9 Å². The van der Waals surface area contributed by atoms with Crippen LogP contribution in [-0.2, 0) is 0 Å². The number of thiophene rings is 1. The van der Waals surface area contributed by atoms with Crippen LogP contribution < -0.4 is 0 Å². The molecule has 220 valence electrons. The van der Waals surface area contributed by atoms with Gasteiger partial charge in [-0.2, -0.15) is 0 Å². The fourth-order valence-corrected chi connectivity index (χ4v) is 4.35. The van der Waals surface area contributed by atoms with Crippen molar-refractivity contribution in [2.75, 3.05) is 6.54 Å². The van der Waals surface area contributed by atoms with Crippen molar-refractivity contribution in [3.8, 4) is 0 Å². The molecule has 0 spiro atoms. The third kappa shape index (κ3) is 15.2. The topological polar surface area (TPSA) is 37.9 Å². The molecule has 2 aromatic rings. The largest absolute Gasteiger partial charge is 0.469 e. The van der Waals surface area contributed by atoms with E-state index in [0.29, 0.717) is 23.7 Å². The van der Waals surface area contributed by atoms with E-state index in [9.17, 15) is 0 Å². The zero-order valence-corrected chi connectivity index (χ0v) is 27.5. The highest BCUT2D eigenvalue weighted by atomic mass is 32.1. The van der Waals surface area contributed by atoms with Crippen molar-refractivity contribution < 1.29 is 4.42 Å². The number of nitrogens with zero attached hydrogens (tertiary/aromatic N) is 2. The van der Waals surface area contributed by atoms with E-state index in [1.807, 2.05) is 42.1 Å². The van der Waals surface area contributed by atoms with Gasteiger partial charge in [0.1, 0.15) is 5.76 Å². The second-order valence-electron chi connectivity index (χ2n) is 11.6. The summed E-state index contributed by atoms with van der Waals surface area (Å²) in [5.74, 6) is 4.38. The van der Waals surface area contributed by atoms with Gasteiger partial charge in [0, 0.05) is 35.8 Å². The van der Waals surface area contributed by atoms with Crippen LogP contribution >= 0.6 is 11.3 Å². The molecule has 0 N–H and O–H groups in total. The molecule has 3 nitrogen and oxygen atoms in total. The van der Waals surface area contributed by atoms with Crippen LogP contribution in [0.5, 0.6) is 0 Å². The van der Waals surface area contributed by atoms with Gasteiger partial charge in [-0.05, 0) is 70.9 Å². The van der Waals surface area contributed by atoms with Crippen molar-refractivity contribution in [1.29, 1.82) is 0 Å². The third-order valence-electron chi connectivity index (χ3n) is 6.59. The van der Waals surface area contributed by atoms with Crippen LogP contribution in [0, 0.1) is 17.8 Å². The molecule has 0 atom stereocenters. The maximum atomic E-state index is 5.09. The van der Waals surface area contributed by atoms with E-state index in [4.69, 9.17) is 4.42 Å². The minimum Gasteiger partial charge on any atom is -0.469 e. The predicted octanol–water partition coefficient (Wildman–Crippen LogP) is 11.5. The Morgan fingerprint density at radius 1 is 0.725 bits per heavy atom. The summed E-state index contributed by atoms with van der Waals surface area (Å²) in [6.45, 7) is 22.8. The summed E-state index contributed by atoms with van der Waals surface area (Å²) >= 11 is 1.83. The molecule has 4 heteroatoms. The van der Waals surface area contributed by atoms with Crippen LogP contribution in [0.4, 0.5) is 0 Å². The minimum absolute atomic E-state index is 0.519. The second-order valence-corrected chi connectivity index (χ2v) is 12.6. The molecule has 5 rings (SSSR count). The number of hydrogen-bond acceptors (Lipinski definition) is 4. The highest BCUT2D eigenvalue weighted by Crippen LogP contribution is 2.19. The molecule has 2 aliphatic heterocycles. The van der Waals surface area contributed by atoms with Crippen molar-refractivity contribution in [1.82, 2.24) is 0 Å². The van der Waals surface area contributed by atoms with E-state index in [0.717, 1.165) is 24.6 Å². The summed E-state index contributed by atoms with van der Waals surface area (Å²) in [7, 11) is 0. The SMILES string of the molecule is CC(C)C1=CC=CC1.CC(C)C1=CC=NC1.CC(C)C1=CN=CC1.CC(C)c1ccco1.CC(C)c1cccs1. The molecule has 0 saturated heterocycles. The molecular weight excluding hydrogens is 508 g/mol. The molecule has 0 bridgehead atoms. The number of furan rings is 1. The number of allylic oxidation sites excluding steroid dienone is 6. The van der Waals surface area contributed by atoms with Crippen LogP contribution in [0.1, 0.15) is 105 Å². The zero-order valence-electron chi connectivity index (χ0n) is 26.7. The van der Waals surface area contributed by atoms with Gasteiger partial charge in [0.05, 0.1) is 12.8 Å². The third-order valence-corrected chi connectivity index (χ3v) is 7.76. The van der Waals surface area contributed by atoms with Crippen LogP contribution in [0.15, 0.2) is 97.5 Å². The van der Waals surface area contributed by atoms with Gasteiger partial charge in [-0.25, -0.2) is 0 Å². The summed E-state index contributed by atoms with van der Waals surface area (Å²) in [4.78, 5) is 9.54. The first-order valence-electron chi connectivity index (χ1n) is 14.8. The van der Waals surface area contributed by atoms with Gasteiger partial charge in [-0.15, -0.1) is 11.3 Å². The molecule has 0 amide bonds. The van der Waals surface area contributed by atoms with Gasteiger partial charge in [0.15, 0.2) is 0 Å². The minimum atomic E-state index is 0.519. The molecule has 0 aromatic carbocycles. The van der Waals surface area contributed by atoms with Crippen molar-refractivity contribution >= 4 is 23.8 Å². The number of rotatable bonds is 5. The summed E-state index contributed by atoms with van der Waals surface area (Å²) in [5.41, 5.74) is 4.46. The van der Waals surface area contributed by atoms with Gasteiger partial charge >= 0.3 is 0 Å². The summed E-state index contributed by atoms with van der Waals surface area (Å²) in [5, 5.41) is 2.12. The lowest BCUT2D eigenvalue weighted by Crippen LogP contribution is -1.93. The summed E-state index contributed by atoms with van der Waals surface area (Å²) < 4.78 is 5.09. The van der Waals surface area contributed by atoms with Crippen LogP contribution in [0.2, 0.25) is 0 Å². The smallest absolute Gasteiger partial charge is 0.106 e. The lowest BCUT2D eigenvalue weighted by atomic mass is 10.0. The molecule has 0 saturated carbocycles. The van der Waals surface area contributed by atoms with Crippen LogP contribution in [0.25, 0.3) is 0 Å². The van der Waals surface area contributed by atoms with E-state index in [-0.39, 0.29) is 0 Å². The maximum Gasteiger partial charge on any atom is 0.106 e. The first-order chi connectivity index (χ1) is 19.0. The van der Waals surface area contributed by atoms with E-state index in [1.54, 1.807) is 11.8 Å². The van der Waals surface area contributed by atoms with E-state index in [2.05, 4.69) is 121 Å². The average molecular weight is 563 g/mol. The average Bonchev–Trinajstić information content (AvgIpc) is 3.74. The fraction of sp³-hybridized carbons (Fsp3) is 0.500. The molecule has 4 heterocycles. The van der Waals surface area contributed by atoms with Gasteiger partial charge < -0.3 is 4.42 Å². The zero-order chi connectivity index (χ0) is 29.9. The Morgan fingerprint density at radius 2 is 1.43 bits per heavy atom. The molecule has 2 aromatic heterocycles. The molecule has 40 heavy (non-hydrogen) atoms. The molecule has 1 aliphatic carbocycles. The monoisotopic (exact) mass is 562 g/mol. The Balaban J connectivity index is 0.000000250. The quantitative estimate of drug-likeness (QED) is 0.357. The van der Waals surface area contributed by atoms with Gasteiger partial charge in [0.25, 0.3) is 0 Å².